The van der Waals surface area contributed by atoms with E-state index < -0.39 is 0 Å². The molecule has 0 saturated carbocycles. The lowest BCUT2D eigenvalue weighted by atomic mass is 10.0. The topological polar surface area (TPSA) is 0 Å². The van der Waals surface area contributed by atoms with Crippen LogP contribution in [0, 0.1) is 0 Å². The van der Waals surface area contributed by atoms with Gasteiger partial charge in [0.1, 0.15) is 0 Å². The summed E-state index contributed by atoms with van der Waals surface area (Å²) in [5.74, 6) is 0. The largest absolute Gasteiger partial charge is 0.0985 e. The van der Waals surface area contributed by atoms with Crippen LogP contribution in [-0.2, 0) is 0 Å². The lowest BCUT2D eigenvalue weighted by Gasteiger charge is -2.01. The zero-order valence-corrected chi connectivity index (χ0v) is 8.30. The van der Waals surface area contributed by atoms with Crippen molar-refractivity contribution in [2.24, 2.45) is 0 Å². The monoisotopic (exact) mass is 162 g/mol. The summed E-state index contributed by atoms with van der Waals surface area (Å²) in [6.45, 7) is 9.99. The molecule has 0 unspecified atom stereocenters. The van der Waals surface area contributed by atoms with Crippen molar-refractivity contribution < 1.29 is 0 Å². The van der Waals surface area contributed by atoms with Crippen LogP contribution in [0.3, 0.4) is 0 Å². The fourth-order valence-electron chi connectivity index (χ4n) is 1.08. The molecule has 0 N–H and O–H groups in total. The predicted octanol–water partition coefficient (Wildman–Crippen LogP) is 4.03. The first-order valence-electron chi connectivity index (χ1n) is 4.42. The van der Waals surface area contributed by atoms with Crippen LogP contribution in [0.1, 0.15) is 27.2 Å². The lowest BCUT2D eigenvalue weighted by Crippen LogP contribution is -1.81. The van der Waals surface area contributed by atoms with Crippen LogP contribution in [-0.4, -0.2) is 0 Å². The van der Waals surface area contributed by atoms with Crippen LogP contribution in [0.15, 0.2) is 48.1 Å². The van der Waals surface area contributed by atoms with Crippen LogP contribution in [0.2, 0.25) is 0 Å². The Morgan fingerprint density at radius 3 is 2.25 bits per heavy atom. The molecule has 0 aliphatic rings. The van der Waals surface area contributed by atoms with Crippen molar-refractivity contribution >= 4 is 0 Å². The highest BCUT2D eigenvalue weighted by molar-refractivity contribution is 5.45. The van der Waals surface area contributed by atoms with Crippen LogP contribution >= 0.6 is 0 Å². The van der Waals surface area contributed by atoms with E-state index in [1.807, 2.05) is 26.0 Å². The van der Waals surface area contributed by atoms with Gasteiger partial charge in [-0.2, -0.15) is 0 Å². The molecule has 0 aromatic heterocycles. The highest BCUT2D eigenvalue weighted by Gasteiger charge is 1.93. The molecule has 12 heavy (non-hydrogen) atoms. The summed E-state index contributed by atoms with van der Waals surface area (Å²) in [5, 5.41) is 0. The zero-order chi connectivity index (χ0) is 9.40. The summed E-state index contributed by atoms with van der Waals surface area (Å²) in [6, 6.07) is 0. The van der Waals surface area contributed by atoms with E-state index in [0.29, 0.717) is 0 Å². The van der Waals surface area contributed by atoms with E-state index in [9.17, 15) is 0 Å². The maximum atomic E-state index is 3.79. The van der Waals surface area contributed by atoms with Crippen LogP contribution in [0.25, 0.3) is 0 Å². The summed E-state index contributed by atoms with van der Waals surface area (Å²) in [7, 11) is 0. The van der Waals surface area contributed by atoms with Crippen molar-refractivity contribution in [3.8, 4) is 0 Å². The molecule has 0 aromatic rings. The normalized spacial score (nSPS) is 13.9. The Labute approximate surface area is 76.0 Å². The SMILES string of the molecule is C=CC(=CCC)C(/C=C\C)=C/C. The minimum atomic E-state index is 1.05. The highest BCUT2D eigenvalue weighted by Crippen LogP contribution is 2.13. The molecule has 0 aliphatic carbocycles. The van der Waals surface area contributed by atoms with Gasteiger partial charge in [-0.1, -0.05) is 43.9 Å². The predicted molar refractivity (Wildman–Crippen MR) is 57.1 cm³/mol. The molecule has 0 spiro atoms. The van der Waals surface area contributed by atoms with E-state index in [2.05, 4.69) is 31.7 Å². The summed E-state index contributed by atoms with van der Waals surface area (Å²) in [4.78, 5) is 0. The third kappa shape index (κ3) is 3.38. The van der Waals surface area contributed by atoms with E-state index in [4.69, 9.17) is 0 Å². The highest BCUT2D eigenvalue weighted by atomic mass is 14.0. The van der Waals surface area contributed by atoms with Gasteiger partial charge in [0.2, 0.25) is 0 Å². The maximum absolute atomic E-state index is 3.79. The summed E-state index contributed by atoms with van der Waals surface area (Å²) in [6.07, 6.45) is 11.4. The Bertz CT molecular complexity index is 214. The van der Waals surface area contributed by atoms with Crippen molar-refractivity contribution in [3.63, 3.8) is 0 Å². The summed E-state index contributed by atoms with van der Waals surface area (Å²) < 4.78 is 0. The van der Waals surface area contributed by atoms with E-state index in [0.717, 1.165) is 6.42 Å². The molecule has 0 rings (SSSR count). The third-order valence-electron chi connectivity index (χ3n) is 1.63. The number of hydrogen-bond acceptors (Lipinski definition) is 0. The molecule has 0 atom stereocenters. The molecule has 0 nitrogen and oxygen atoms in total. The van der Waals surface area contributed by atoms with Crippen molar-refractivity contribution in [3.05, 3.63) is 48.1 Å². The van der Waals surface area contributed by atoms with Gasteiger partial charge in [-0.15, -0.1) is 0 Å². The smallest absolute Gasteiger partial charge is 0.0233 e. The molecule has 0 aliphatic heterocycles. The fourth-order valence-corrected chi connectivity index (χ4v) is 1.08. The van der Waals surface area contributed by atoms with Crippen LogP contribution in [0.5, 0.6) is 0 Å². The Morgan fingerprint density at radius 1 is 1.25 bits per heavy atom. The van der Waals surface area contributed by atoms with Gasteiger partial charge in [0.15, 0.2) is 0 Å². The van der Waals surface area contributed by atoms with Gasteiger partial charge in [-0.25, -0.2) is 0 Å². The van der Waals surface area contributed by atoms with Gasteiger partial charge in [0, 0.05) is 0 Å². The summed E-state index contributed by atoms with van der Waals surface area (Å²) >= 11 is 0. The minimum Gasteiger partial charge on any atom is -0.0985 e. The first-order valence-corrected chi connectivity index (χ1v) is 4.42. The second-order valence-electron chi connectivity index (χ2n) is 2.52. The summed E-state index contributed by atoms with van der Waals surface area (Å²) in [5.41, 5.74) is 2.47. The molecule has 0 heteroatoms. The molecular weight excluding hydrogens is 144 g/mol. The van der Waals surface area contributed by atoms with Gasteiger partial charge in [0.25, 0.3) is 0 Å². The second-order valence-corrected chi connectivity index (χ2v) is 2.52. The molecule has 0 amide bonds. The minimum absolute atomic E-state index is 1.05. The second kappa shape index (κ2) is 6.66. The Morgan fingerprint density at radius 2 is 1.92 bits per heavy atom. The van der Waals surface area contributed by atoms with Gasteiger partial charge in [0.05, 0.1) is 0 Å². The first-order chi connectivity index (χ1) is 5.79. The van der Waals surface area contributed by atoms with Gasteiger partial charge < -0.3 is 0 Å². The molecule has 0 heterocycles. The Balaban J connectivity index is 4.69. The van der Waals surface area contributed by atoms with Crippen LogP contribution in [0.4, 0.5) is 0 Å². The average Bonchev–Trinajstić information content (AvgIpc) is 2.11. The van der Waals surface area contributed by atoms with Crippen molar-refractivity contribution in [2.75, 3.05) is 0 Å². The number of rotatable bonds is 4. The number of allylic oxidation sites excluding steroid dienone is 7. The molecule has 0 bridgehead atoms. The third-order valence-corrected chi connectivity index (χ3v) is 1.63. The molecule has 0 aromatic carbocycles. The number of hydrogen-bond donors (Lipinski definition) is 0. The molecule has 66 valence electrons. The maximum Gasteiger partial charge on any atom is -0.0233 e. The average molecular weight is 162 g/mol. The lowest BCUT2D eigenvalue weighted by molar-refractivity contribution is 1.20. The van der Waals surface area contributed by atoms with Gasteiger partial charge in [-0.05, 0) is 31.4 Å². The molecule has 0 fully saturated rings. The van der Waals surface area contributed by atoms with Gasteiger partial charge >= 0.3 is 0 Å². The van der Waals surface area contributed by atoms with Crippen molar-refractivity contribution in [2.45, 2.75) is 27.2 Å². The van der Waals surface area contributed by atoms with Crippen molar-refractivity contribution in [1.82, 2.24) is 0 Å². The molecule has 0 radical (unpaired) electrons. The Hall–Kier alpha value is -1.04. The van der Waals surface area contributed by atoms with Crippen LogP contribution < -0.4 is 0 Å². The molecular formula is C12H18. The standard InChI is InChI=1S/C12H18/c1-5-9-11(7-3)12(8-4)10-6-2/h6-10H,3,5H2,1-2,4H3/b10-6-,11-9?,12-8+. The van der Waals surface area contributed by atoms with E-state index in [1.54, 1.807) is 0 Å². The zero-order valence-electron chi connectivity index (χ0n) is 8.30. The van der Waals surface area contributed by atoms with E-state index >= 15 is 0 Å². The molecule has 0 saturated heterocycles. The van der Waals surface area contributed by atoms with Gasteiger partial charge in [-0.3, -0.25) is 0 Å². The van der Waals surface area contributed by atoms with E-state index in [-0.39, 0.29) is 0 Å². The van der Waals surface area contributed by atoms with E-state index in [1.165, 1.54) is 11.1 Å². The fraction of sp³-hybridized carbons (Fsp3) is 0.333. The Kier molecular flexibility index (Phi) is 6.08. The quantitative estimate of drug-likeness (QED) is 0.547. The van der Waals surface area contributed by atoms with Crippen molar-refractivity contribution in [1.29, 1.82) is 0 Å². The first kappa shape index (κ1) is 11.0.